The number of hydrogen-bond acceptors (Lipinski definition) is 3. The molecule has 1 heterocycles. The average molecular weight is 315 g/mol. The van der Waals surface area contributed by atoms with Gasteiger partial charge in [-0.2, -0.15) is 0 Å². The zero-order valence-corrected chi connectivity index (χ0v) is 13.2. The highest BCUT2D eigenvalue weighted by atomic mass is 35.5. The van der Waals surface area contributed by atoms with Crippen LogP contribution in [0.3, 0.4) is 0 Å². The van der Waals surface area contributed by atoms with Crippen molar-refractivity contribution in [3.63, 3.8) is 0 Å². The number of benzene rings is 1. The number of carbonyl (C=O) groups excluding carboxylic acids is 1. The summed E-state index contributed by atoms with van der Waals surface area (Å²) in [6.45, 7) is 6.07. The minimum atomic E-state index is -0.569. The van der Waals surface area contributed by atoms with Crippen molar-refractivity contribution < 1.29 is 13.9 Å². The van der Waals surface area contributed by atoms with Gasteiger partial charge in [0.1, 0.15) is 11.4 Å². The number of nitrogens with zero attached hydrogens (tertiary/aromatic N) is 1. The summed E-state index contributed by atoms with van der Waals surface area (Å²) in [6, 6.07) is 4.49. The van der Waals surface area contributed by atoms with E-state index in [0.717, 1.165) is 0 Å². The second kappa shape index (κ2) is 5.81. The van der Waals surface area contributed by atoms with E-state index in [4.69, 9.17) is 22.1 Å². The largest absolute Gasteiger partial charge is 0.444 e. The first-order valence-corrected chi connectivity index (χ1v) is 7.24. The van der Waals surface area contributed by atoms with E-state index in [9.17, 15) is 9.18 Å². The summed E-state index contributed by atoms with van der Waals surface area (Å²) < 4.78 is 19.4. The van der Waals surface area contributed by atoms with Gasteiger partial charge in [0.2, 0.25) is 0 Å². The summed E-state index contributed by atoms with van der Waals surface area (Å²) in [5.74, 6) is -0.748. The third-order valence-corrected chi connectivity index (χ3v) is 3.69. The Morgan fingerprint density at radius 3 is 2.71 bits per heavy atom. The number of amides is 1. The SMILES string of the molecule is CC(C)(C)OC(=O)N1C[C@@H](N)[C@H](c2cccc(Cl)c2F)C1. The fourth-order valence-electron chi connectivity index (χ4n) is 2.44. The van der Waals surface area contributed by atoms with Gasteiger partial charge in [-0.1, -0.05) is 23.7 Å². The van der Waals surface area contributed by atoms with E-state index in [1.807, 2.05) is 0 Å². The Morgan fingerprint density at radius 1 is 1.43 bits per heavy atom. The zero-order chi connectivity index (χ0) is 15.8. The highest BCUT2D eigenvalue weighted by Gasteiger charge is 2.37. The van der Waals surface area contributed by atoms with Gasteiger partial charge in [0, 0.05) is 25.0 Å². The van der Waals surface area contributed by atoms with Crippen LogP contribution in [0.25, 0.3) is 0 Å². The van der Waals surface area contributed by atoms with Crippen molar-refractivity contribution in [2.75, 3.05) is 13.1 Å². The molecule has 1 aliphatic heterocycles. The van der Waals surface area contributed by atoms with E-state index in [1.165, 1.54) is 11.0 Å². The predicted molar refractivity (Wildman–Crippen MR) is 79.9 cm³/mol. The second-order valence-corrected chi connectivity index (χ2v) is 6.71. The lowest BCUT2D eigenvalue weighted by atomic mass is 9.94. The maximum atomic E-state index is 14.1. The van der Waals surface area contributed by atoms with E-state index >= 15 is 0 Å². The van der Waals surface area contributed by atoms with E-state index in [0.29, 0.717) is 18.7 Å². The number of nitrogens with two attached hydrogens (primary N) is 1. The van der Waals surface area contributed by atoms with Crippen LogP contribution in [-0.2, 0) is 4.74 Å². The van der Waals surface area contributed by atoms with Crippen LogP contribution in [-0.4, -0.2) is 35.7 Å². The zero-order valence-electron chi connectivity index (χ0n) is 12.4. The summed E-state index contributed by atoms with van der Waals surface area (Å²) in [5.41, 5.74) is 5.94. The first-order chi connectivity index (χ1) is 9.69. The molecule has 2 atom stereocenters. The Kier molecular flexibility index (Phi) is 4.44. The average Bonchev–Trinajstić information content (AvgIpc) is 2.73. The molecule has 1 aromatic carbocycles. The van der Waals surface area contributed by atoms with Crippen LogP contribution in [0.4, 0.5) is 9.18 Å². The molecule has 6 heteroatoms. The quantitative estimate of drug-likeness (QED) is 0.866. The molecule has 0 saturated carbocycles. The molecule has 1 saturated heterocycles. The number of likely N-dealkylation sites (tertiary alicyclic amines) is 1. The van der Waals surface area contributed by atoms with Gasteiger partial charge < -0.3 is 15.4 Å². The Bertz CT molecular complexity index is 545. The van der Waals surface area contributed by atoms with Crippen LogP contribution in [0.15, 0.2) is 18.2 Å². The van der Waals surface area contributed by atoms with Gasteiger partial charge in [-0.05, 0) is 32.4 Å². The molecule has 21 heavy (non-hydrogen) atoms. The molecule has 1 aromatic rings. The molecule has 0 radical (unpaired) electrons. The predicted octanol–water partition coefficient (Wildman–Crippen LogP) is 3.14. The lowest BCUT2D eigenvalue weighted by Gasteiger charge is -2.24. The van der Waals surface area contributed by atoms with Crippen molar-refractivity contribution in [3.05, 3.63) is 34.6 Å². The third kappa shape index (κ3) is 3.66. The van der Waals surface area contributed by atoms with Gasteiger partial charge in [0.15, 0.2) is 0 Å². The molecular weight excluding hydrogens is 295 g/mol. The minimum Gasteiger partial charge on any atom is -0.444 e. The molecule has 1 fully saturated rings. The van der Waals surface area contributed by atoms with E-state index in [2.05, 4.69) is 0 Å². The molecule has 2 rings (SSSR count). The Labute approximate surface area is 129 Å². The van der Waals surface area contributed by atoms with Gasteiger partial charge in [-0.25, -0.2) is 9.18 Å². The van der Waals surface area contributed by atoms with Crippen molar-refractivity contribution in [3.8, 4) is 0 Å². The number of ether oxygens (including phenoxy) is 1. The summed E-state index contributed by atoms with van der Waals surface area (Å²) in [4.78, 5) is 13.6. The van der Waals surface area contributed by atoms with E-state index in [1.54, 1.807) is 32.9 Å². The van der Waals surface area contributed by atoms with Gasteiger partial charge >= 0.3 is 6.09 Å². The van der Waals surface area contributed by atoms with Crippen molar-refractivity contribution in [1.29, 1.82) is 0 Å². The second-order valence-electron chi connectivity index (χ2n) is 6.30. The molecule has 4 nitrogen and oxygen atoms in total. The Balaban J connectivity index is 2.15. The van der Waals surface area contributed by atoms with Crippen LogP contribution in [0, 0.1) is 5.82 Å². The third-order valence-electron chi connectivity index (χ3n) is 3.40. The molecule has 2 N–H and O–H groups in total. The van der Waals surface area contributed by atoms with Gasteiger partial charge in [-0.3, -0.25) is 0 Å². The molecule has 116 valence electrons. The van der Waals surface area contributed by atoms with Crippen molar-refractivity contribution >= 4 is 17.7 Å². The summed E-state index contributed by atoms with van der Waals surface area (Å²) in [6.07, 6.45) is -0.428. The van der Waals surface area contributed by atoms with Crippen LogP contribution < -0.4 is 5.73 Å². The monoisotopic (exact) mass is 314 g/mol. The van der Waals surface area contributed by atoms with Crippen molar-refractivity contribution in [2.24, 2.45) is 5.73 Å². The van der Waals surface area contributed by atoms with E-state index < -0.39 is 17.5 Å². The number of hydrogen-bond donors (Lipinski definition) is 1. The molecule has 1 amide bonds. The molecule has 0 aliphatic carbocycles. The van der Waals surface area contributed by atoms with E-state index in [-0.39, 0.29) is 17.0 Å². The normalized spacial score (nSPS) is 22.5. The number of rotatable bonds is 1. The summed E-state index contributed by atoms with van der Waals surface area (Å²) >= 11 is 5.80. The molecule has 0 spiro atoms. The topological polar surface area (TPSA) is 55.6 Å². The van der Waals surface area contributed by atoms with Crippen LogP contribution in [0.1, 0.15) is 32.3 Å². The van der Waals surface area contributed by atoms with Gasteiger partial charge in [0.25, 0.3) is 0 Å². The first-order valence-electron chi connectivity index (χ1n) is 6.86. The van der Waals surface area contributed by atoms with Crippen LogP contribution in [0.5, 0.6) is 0 Å². The van der Waals surface area contributed by atoms with Crippen LogP contribution in [0.2, 0.25) is 5.02 Å². The highest BCUT2D eigenvalue weighted by Crippen LogP contribution is 2.31. The first kappa shape index (κ1) is 16.0. The number of halogens is 2. The summed E-state index contributed by atoms with van der Waals surface area (Å²) in [5, 5.41) is 0.0652. The lowest BCUT2D eigenvalue weighted by molar-refractivity contribution is 0.0290. The molecule has 0 aromatic heterocycles. The standard InChI is InChI=1S/C15H20ClFN2O2/c1-15(2,3)21-14(20)19-7-10(12(18)8-19)9-5-4-6-11(16)13(9)17/h4-6,10,12H,7-8,18H2,1-3H3/t10-,12+/m0/s1. The Morgan fingerprint density at radius 2 is 2.10 bits per heavy atom. The molecule has 0 bridgehead atoms. The van der Waals surface area contributed by atoms with Crippen molar-refractivity contribution in [2.45, 2.75) is 38.3 Å². The maximum absolute atomic E-state index is 14.1. The summed E-state index contributed by atoms with van der Waals surface area (Å²) in [7, 11) is 0. The smallest absolute Gasteiger partial charge is 0.410 e. The molecule has 0 unspecified atom stereocenters. The van der Waals surface area contributed by atoms with Gasteiger partial charge in [-0.15, -0.1) is 0 Å². The molecule has 1 aliphatic rings. The Hall–Kier alpha value is -1.33. The minimum absolute atomic E-state index is 0.0652. The molecular formula is C15H20ClFN2O2. The van der Waals surface area contributed by atoms with Gasteiger partial charge in [0.05, 0.1) is 5.02 Å². The number of carbonyl (C=O) groups is 1. The van der Waals surface area contributed by atoms with Crippen LogP contribution >= 0.6 is 11.6 Å². The highest BCUT2D eigenvalue weighted by molar-refractivity contribution is 6.30. The lowest BCUT2D eigenvalue weighted by Crippen LogP contribution is -2.36. The maximum Gasteiger partial charge on any atom is 0.410 e. The fraction of sp³-hybridized carbons (Fsp3) is 0.533. The van der Waals surface area contributed by atoms with Crippen molar-refractivity contribution in [1.82, 2.24) is 4.90 Å². The fourth-order valence-corrected chi connectivity index (χ4v) is 2.62.